The second kappa shape index (κ2) is 5.94. The van der Waals surface area contributed by atoms with Crippen molar-refractivity contribution in [3.63, 3.8) is 0 Å². The summed E-state index contributed by atoms with van der Waals surface area (Å²) in [6, 6.07) is 0.877. The molecule has 2 unspecified atom stereocenters. The smallest absolute Gasteiger partial charge is 0.00683 e. The van der Waals surface area contributed by atoms with Crippen LogP contribution in [0.25, 0.3) is 0 Å². The molecule has 0 aromatic rings. The van der Waals surface area contributed by atoms with Crippen LogP contribution in [0.2, 0.25) is 0 Å². The van der Waals surface area contributed by atoms with Gasteiger partial charge in [0.1, 0.15) is 0 Å². The first-order chi connectivity index (χ1) is 8.55. The van der Waals surface area contributed by atoms with Crippen LogP contribution in [0.15, 0.2) is 0 Å². The van der Waals surface area contributed by atoms with E-state index in [1.54, 1.807) is 0 Å². The highest BCUT2D eigenvalue weighted by molar-refractivity contribution is 4.90. The molecule has 1 N–H and O–H groups in total. The molecule has 0 radical (unpaired) electrons. The van der Waals surface area contributed by atoms with Crippen LogP contribution in [0, 0.1) is 23.2 Å². The number of rotatable bonds is 6. The van der Waals surface area contributed by atoms with Crippen molar-refractivity contribution < 1.29 is 0 Å². The average molecular weight is 251 g/mol. The van der Waals surface area contributed by atoms with E-state index in [9.17, 15) is 0 Å². The molecule has 0 heterocycles. The van der Waals surface area contributed by atoms with Crippen molar-refractivity contribution in [1.29, 1.82) is 0 Å². The van der Waals surface area contributed by atoms with Gasteiger partial charge in [0, 0.05) is 6.04 Å². The Morgan fingerprint density at radius 2 is 1.78 bits per heavy atom. The third-order valence-corrected chi connectivity index (χ3v) is 5.49. The Morgan fingerprint density at radius 3 is 2.33 bits per heavy atom. The Kier molecular flexibility index (Phi) is 4.75. The number of nitrogens with one attached hydrogen (secondary N) is 1. The van der Waals surface area contributed by atoms with Gasteiger partial charge < -0.3 is 5.32 Å². The van der Waals surface area contributed by atoms with Crippen LogP contribution < -0.4 is 5.32 Å². The zero-order chi connectivity index (χ0) is 13.2. The molecule has 0 aliphatic heterocycles. The number of hydrogen-bond acceptors (Lipinski definition) is 1. The van der Waals surface area contributed by atoms with Gasteiger partial charge in [-0.25, -0.2) is 0 Å². The summed E-state index contributed by atoms with van der Waals surface area (Å²) in [6.45, 7) is 11.0. The summed E-state index contributed by atoms with van der Waals surface area (Å²) >= 11 is 0. The lowest BCUT2D eigenvalue weighted by atomic mass is 9.62. The van der Waals surface area contributed by atoms with Gasteiger partial charge in [-0.3, -0.25) is 0 Å². The maximum atomic E-state index is 3.79. The summed E-state index contributed by atoms with van der Waals surface area (Å²) in [7, 11) is 0. The summed E-state index contributed by atoms with van der Waals surface area (Å²) in [5, 5.41) is 3.79. The Morgan fingerprint density at radius 1 is 1.11 bits per heavy atom. The summed E-state index contributed by atoms with van der Waals surface area (Å²) in [5.74, 6) is 2.87. The van der Waals surface area contributed by atoms with Gasteiger partial charge in [-0.2, -0.15) is 0 Å². The van der Waals surface area contributed by atoms with Crippen molar-refractivity contribution >= 4 is 0 Å². The first-order valence-corrected chi connectivity index (χ1v) is 8.29. The third kappa shape index (κ3) is 3.73. The van der Waals surface area contributed by atoms with Crippen LogP contribution >= 0.6 is 0 Å². The molecule has 0 saturated heterocycles. The van der Waals surface area contributed by atoms with E-state index in [-0.39, 0.29) is 0 Å². The van der Waals surface area contributed by atoms with Gasteiger partial charge in [-0.1, -0.05) is 40.5 Å². The molecule has 0 spiro atoms. The van der Waals surface area contributed by atoms with E-state index >= 15 is 0 Å². The molecule has 0 aromatic heterocycles. The fourth-order valence-corrected chi connectivity index (χ4v) is 4.00. The van der Waals surface area contributed by atoms with Crippen molar-refractivity contribution in [3.05, 3.63) is 0 Å². The first kappa shape index (κ1) is 14.4. The quantitative estimate of drug-likeness (QED) is 0.726. The van der Waals surface area contributed by atoms with E-state index in [1.807, 2.05) is 0 Å². The summed E-state index contributed by atoms with van der Waals surface area (Å²) in [5.41, 5.74) is 0.587. The monoisotopic (exact) mass is 251 g/mol. The first-order valence-electron chi connectivity index (χ1n) is 8.29. The van der Waals surface area contributed by atoms with Crippen molar-refractivity contribution in [3.8, 4) is 0 Å². The second-order valence-corrected chi connectivity index (χ2v) is 7.59. The molecule has 2 saturated carbocycles. The highest BCUT2D eigenvalue weighted by atomic mass is 14.9. The van der Waals surface area contributed by atoms with Crippen molar-refractivity contribution in [2.45, 2.75) is 78.7 Å². The molecule has 18 heavy (non-hydrogen) atoms. The Hall–Kier alpha value is -0.0400. The van der Waals surface area contributed by atoms with Crippen LogP contribution in [0.4, 0.5) is 0 Å². The van der Waals surface area contributed by atoms with Crippen molar-refractivity contribution in [1.82, 2.24) is 5.32 Å². The average Bonchev–Trinajstić information content (AvgIpc) is 3.13. The fraction of sp³-hybridized carbons (Fsp3) is 1.00. The minimum atomic E-state index is 0.587. The van der Waals surface area contributed by atoms with Crippen LogP contribution in [0.1, 0.15) is 72.6 Å². The largest absolute Gasteiger partial charge is 0.314 e. The van der Waals surface area contributed by atoms with Crippen LogP contribution in [0.5, 0.6) is 0 Å². The van der Waals surface area contributed by atoms with Gasteiger partial charge in [0.15, 0.2) is 0 Å². The SMILES string of the molecule is CCC(CC)C1CC(C)(C)CCC1CNC1CC1. The van der Waals surface area contributed by atoms with Crippen molar-refractivity contribution in [2.24, 2.45) is 23.2 Å². The molecule has 2 aliphatic carbocycles. The molecular formula is C17H33N. The minimum Gasteiger partial charge on any atom is -0.314 e. The molecule has 2 atom stereocenters. The lowest BCUT2D eigenvalue weighted by Gasteiger charge is -2.44. The zero-order valence-corrected chi connectivity index (χ0v) is 13.0. The van der Waals surface area contributed by atoms with E-state index in [0.717, 1.165) is 23.8 Å². The van der Waals surface area contributed by atoms with Crippen LogP contribution in [0.3, 0.4) is 0 Å². The van der Waals surface area contributed by atoms with Crippen molar-refractivity contribution in [2.75, 3.05) is 6.54 Å². The Labute approximate surface area is 114 Å². The van der Waals surface area contributed by atoms with Gasteiger partial charge in [-0.05, 0) is 61.8 Å². The predicted molar refractivity (Wildman–Crippen MR) is 79.7 cm³/mol. The molecule has 0 aromatic carbocycles. The maximum absolute atomic E-state index is 3.79. The molecule has 1 heteroatoms. The molecule has 2 rings (SSSR count). The lowest BCUT2D eigenvalue weighted by molar-refractivity contribution is 0.0692. The standard InChI is InChI=1S/C17H33N/c1-5-13(6-2)16-11-17(3,4)10-9-14(16)12-18-15-7-8-15/h13-16,18H,5-12H2,1-4H3. The molecular weight excluding hydrogens is 218 g/mol. The van der Waals surface area contributed by atoms with E-state index in [1.165, 1.54) is 51.5 Å². The predicted octanol–water partition coefficient (Wildman–Crippen LogP) is 4.62. The molecule has 106 valence electrons. The van der Waals surface area contributed by atoms with E-state index in [0.29, 0.717) is 5.41 Å². The second-order valence-electron chi connectivity index (χ2n) is 7.59. The molecule has 2 aliphatic rings. The Bertz CT molecular complexity index is 248. The van der Waals surface area contributed by atoms with Gasteiger partial charge in [-0.15, -0.1) is 0 Å². The van der Waals surface area contributed by atoms with Crippen LogP contribution in [-0.2, 0) is 0 Å². The minimum absolute atomic E-state index is 0.587. The lowest BCUT2D eigenvalue weighted by Crippen LogP contribution is -2.39. The van der Waals surface area contributed by atoms with E-state index < -0.39 is 0 Å². The van der Waals surface area contributed by atoms with Gasteiger partial charge in [0.2, 0.25) is 0 Å². The van der Waals surface area contributed by atoms with Gasteiger partial charge in [0.25, 0.3) is 0 Å². The van der Waals surface area contributed by atoms with E-state index in [2.05, 4.69) is 33.0 Å². The topological polar surface area (TPSA) is 12.0 Å². The molecule has 0 amide bonds. The van der Waals surface area contributed by atoms with Gasteiger partial charge in [0.05, 0.1) is 0 Å². The molecule has 0 bridgehead atoms. The number of hydrogen-bond donors (Lipinski definition) is 1. The highest BCUT2D eigenvalue weighted by Crippen LogP contribution is 2.46. The summed E-state index contributed by atoms with van der Waals surface area (Å²) in [4.78, 5) is 0. The summed E-state index contributed by atoms with van der Waals surface area (Å²) < 4.78 is 0. The maximum Gasteiger partial charge on any atom is 0.00683 e. The normalized spacial score (nSPS) is 31.8. The zero-order valence-electron chi connectivity index (χ0n) is 13.0. The summed E-state index contributed by atoms with van der Waals surface area (Å²) in [6.07, 6.45) is 9.93. The van der Waals surface area contributed by atoms with Crippen LogP contribution in [-0.4, -0.2) is 12.6 Å². The van der Waals surface area contributed by atoms with E-state index in [4.69, 9.17) is 0 Å². The fourth-order valence-electron chi connectivity index (χ4n) is 4.00. The molecule has 2 fully saturated rings. The highest BCUT2D eigenvalue weighted by Gasteiger charge is 2.38. The Balaban J connectivity index is 1.95. The third-order valence-electron chi connectivity index (χ3n) is 5.49. The molecule has 1 nitrogen and oxygen atoms in total. The van der Waals surface area contributed by atoms with Gasteiger partial charge >= 0.3 is 0 Å².